The molecule has 2 aliphatic rings. The van der Waals surface area contributed by atoms with E-state index in [2.05, 4.69) is 27.0 Å². The summed E-state index contributed by atoms with van der Waals surface area (Å²) in [6, 6.07) is 0. The molecule has 0 radical (unpaired) electrons. The number of carboxylic acids is 1. The Hall–Kier alpha value is -1.05. The molecule has 2 rings (SSSR count). The number of aliphatic carboxylic acids is 1. The summed E-state index contributed by atoms with van der Waals surface area (Å²) in [6.45, 7) is 12.5. The average molecular weight is 248 g/mol. The van der Waals surface area contributed by atoms with Gasteiger partial charge in [-0.1, -0.05) is 32.6 Å². The van der Waals surface area contributed by atoms with Gasteiger partial charge in [0.25, 0.3) is 0 Å². The van der Waals surface area contributed by atoms with Crippen molar-refractivity contribution in [3.63, 3.8) is 0 Å². The first-order chi connectivity index (χ1) is 8.28. The maximum Gasteiger partial charge on any atom is 0.331 e. The number of hydrogen-bond donors (Lipinski definition) is 1. The third-order valence-corrected chi connectivity index (χ3v) is 5.47. The molecule has 3 atom stereocenters. The molecule has 0 amide bonds. The van der Waals surface area contributed by atoms with Crippen molar-refractivity contribution in [3.8, 4) is 0 Å². The highest BCUT2D eigenvalue weighted by molar-refractivity contribution is 5.87. The molecule has 1 N–H and O–H groups in total. The molecule has 0 bridgehead atoms. The van der Waals surface area contributed by atoms with Gasteiger partial charge in [-0.3, -0.25) is 0 Å². The molecular weight excluding hydrogens is 224 g/mol. The molecule has 0 aromatic rings. The zero-order chi connectivity index (χ0) is 13.6. The Morgan fingerprint density at radius 1 is 1.33 bits per heavy atom. The molecule has 0 aromatic carbocycles. The molecule has 2 fully saturated rings. The highest BCUT2D eigenvalue weighted by Crippen LogP contribution is 2.58. The molecule has 0 saturated heterocycles. The second-order valence-electron chi connectivity index (χ2n) is 6.77. The summed E-state index contributed by atoms with van der Waals surface area (Å²) < 4.78 is 0. The lowest BCUT2D eigenvalue weighted by atomic mass is 9.52. The van der Waals surface area contributed by atoms with E-state index >= 15 is 0 Å². The van der Waals surface area contributed by atoms with Gasteiger partial charge in [0.1, 0.15) is 0 Å². The maximum absolute atomic E-state index is 11.2. The number of fused-ring (bicyclic) bond motifs is 1. The normalized spacial score (nSPS) is 40.1. The first-order valence-electron chi connectivity index (χ1n) is 6.89. The van der Waals surface area contributed by atoms with Crippen molar-refractivity contribution in [1.82, 2.24) is 0 Å². The van der Waals surface area contributed by atoms with E-state index in [0.29, 0.717) is 16.9 Å². The standard InChI is InChI=1S/C16H24O2/c1-11-6-5-7-15(3)8-9-16(4,10-13(11)15)12(2)14(17)18/h13H,1-2,5-10H2,3-4H3,(H,17,18)/t13-,15+,16-/m1/s1. The minimum absolute atomic E-state index is 0.254. The van der Waals surface area contributed by atoms with Gasteiger partial charge in [-0.05, 0) is 55.3 Å². The summed E-state index contributed by atoms with van der Waals surface area (Å²) >= 11 is 0. The summed E-state index contributed by atoms with van der Waals surface area (Å²) in [5.41, 5.74) is 1.79. The highest BCUT2D eigenvalue weighted by atomic mass is 16.4. The van der Waals surface area contributed by atoms with Crippen LogP contribution in [0.2, 0.25) is 0 Å². The van der Waals surface area contributed by atoms with E-state index in [1.807, 2.05) is 0 Å². The molecule has 0 unspecified atom stereocenters. The second kappa shape index (κ2) is 4.25. The number of allylic oxidation sites excluding steroid dienone is 1. The molecule has 2 saturated carbocycles. The molecule has 2 heteroatoms. The van der Waals surface area contributed by atoms with Crippen LogP contribution >= 0.6 is 0 Å². The van der Waals surface area contributed by atoms with Crippen molar-refractivity contribution in [2.75, 3.05) is 0 Å². The van der Waals surface area contributed by atoms with Gasteiger partial charge >= 0.3 is 5.97 Å². The Labute approximate surface area is 110 Å². The SMILES string of the molecule is C=C1CCC[C@@]2(C)CC[C@@](C)(C(=C)C(=O)O)C[C@H]12. The van der Waals surface area contributed by atoms with Gasteiger partial charge in [-0.2, -0.15) is 0 Å². The number of carboxylic acid groups (broad SMARTS) is 1. The van der Waals surface area contributed by atoms with Crippen LogP contribution in [0.3, 0.4) is 0 Å². The van der Waals surface area contributed by atoms with Crippen molar-refractivity contribution >= 4 is 5.97 Å². The summed E-state index contributed by atoms with van der Waals surface area (Å²) in [5.74, 6) is -0.372. The quantitative estimate of drug-likeness (QED) is 0.588. The van der Waals surface area contributed by atoms with Gasteiger partial charge in [0.2, 0.25) is 0 Å². The molecule has 18 heavy (non-hydrogen) atoms. The van der Waals surface area contributed by atoms with Crippen molar-refractivity contribution in [2.45, 2.75) is 52.4 Å². The minimum atomic E-state index is -0.845. The summed E-state index contributed by atoms with van der Waals surface area (Å²) in [7, 11) is 0. The minimum Gasteiger partial charge on any atom is -0.478 e. The van der Waals surface area contributed by atoms with Crippen LogP contribution in [0.5, 0.6) is 0 Å². The van der Waals surface area contributed by atoms with Crippen LogP contribution in [0.1, 0.15) is 52.4 Å². The van der Waals surface area contributed by atoms with Crippen molar-refractivity contribution in [1.29, 1.82) is 0 Å². The molecule has 0 spiro atoms. The Bertz CT molecular complexity index is 409. The fraction of sp³-hybridized carbons (Fsp3) is 0.688. The van der Waals surface area contributed by atoms with E-state index in [4.69, 9.17) is 0 Å². The first-order valence-corrected chi connectivity index (χ1v) is 6.89. The van der Waals surface area contributed by atoms with E-state index in [-0.39, 0.29) is 5.41 Å². The lowest BCUT2D eigenvalue weighted by Gasteiger charge is -2.52. The van der Waals surface area contributed by atoms with Gasteiger partial charge in [0.15, 0.2) is 0 Å². The predicted octanol–water partition coefficient (Wildman–Crippen LogP) is 4.18. The van der Waals surface area contributed by atoms with E-state index in [0.717, 1.165) is 25.7 Å². The van der Waals surface area contributed by atoms with Crippen LogP contribution in [0.25, 0.3) is 0 Å². The predicted molar refractivity (Wildman–Crippen MR) is 73.3 cm³/mol. The van der Waals surface area contributed by atoms with Gasteiger partial charge in [-0.25, -0.2) is 4.79 Å². The van der Waals surface area contributed by atoms with Gasteiger partial charge < -0.3 is 5.11 Å². The van der Waals surface area contributed by atoms with Gasteiger partial charge in [0.05, 0.1) is 0 Å². The summed E-state index contributed by atoms with van der Waals surface area (Å²) in [6.07, 6.45) is 6.55. The smallest absolute Gasteiger partial charge is 0.331 e. The number of carbonyl (C=O) groups is 1. The average Bonchev–Trinajstić information content (AvgIpc) is 2.30. The van der Waals surface area contributed by atoms with Gasteiger partial charge in [0, 0.05) is 5.57 Å². The Balaban J connectivity index is 2.25. The maximum atomic E-state index is 11.2. The van der Waals surface area contributed by atoms with E-state index in [1.165, 1.54) is 18.4 Å². The third kappa shape index (κ3) is 2.02. The molecule has 0 heterocycles. The van der Waals surface area contributed by atoms with Crippen LogP contribution in [0, 0.1) is 16.7 Å². The van der Waals surface area contributed by atoms with Crippen molar-refractivity contribution in [2.24, 2.45) is 16.7 Å². The Morgan fingerprint density at radius 2 is 2.00 bits per heavy atom. The lowest BCUT2D eigenvalue weighted by Crippen LogP contribution is -2.43. The highest BCUT2D eigenvalue weighted by Gasteiger charge is 2.48. The van der Waals surface area contributed by atoms with Crippen LogP contribution in [-0.4, -0.2) is 11.1 Å². The van der Waals surface area contributed by atoms with Gasteiger partial charge in [-0.15, -0.1) is 0 Å². The van der Waals surface area contributed by atoms with Crippen molar-refractivity contribution in [3.05, 3.63) is 24.3 Å². The fourth-order valence-corrected chi connectivity index (χ4v) is 3.90. The van der Waals surface area contributed by atoms with Crippen LogP contribution in [0.15, 0.2) is 24.3 Å². The van der Waals surface area contributed by atoms with E-state index < -0.39 is 5.97 Å². The van der Waals surface area contributed by atoms with E-state index in [9.17, 15) is 9.90 Å². The first kappa shape index (κ1) is 13.4. The number of rotatable bonds is 2. The molecule has 2 aliphatic carbocycles. The van der Waals surface area contributed by atoms with Crippen LogP contribution in [-0.2, 0) is 4.79 Å². The molecular formula is C16H24O2. The van der Waals surface area contributed by atoms with E-state index in [1.54, 1.807) is 0 Å². The second-order valence-corrected chi connectivity index (χ2v) is 6.77. The Kier molecular flexibility index (Phi) is 3.16. The molecule has 0 aromatic heterocycles. The summed E-state index contributed by atoms with van der Waals surface area (Å²) in [5, 5.41) is 9.20. The zero-order valence-corrected chi connectivity index (χ0v) is 11.6. The monoisotopic (exact) mass is 248 g/mol. The number of hydrogen-bond acceptors (Lipinski definition) is 1. The molecule has 100 valence electrons. The largest absolute Gasteiger partial charge is 0.478 e. The zero-order valence-electron chi connectivity index (χ0n) is 11.6. The molecule has 0 aliphatic heterocycles. The fourth-order valence-electron chi connectivity index (χ4n) is 3.90. The summed E-state index contributed by atoms with van der Waals surface area (Å²) in [4.78, 5) is 11.2. The van der Waals surface area contributed by atoms with Crippen molar-refractivity contribution < 1.29 is 9.90 Å². The third-order valence-electron chi connectivity index (χ3n) is 5.47. The molecule has 2 nitrogen and oxygen atoms in total. The van der Waals surface area contributed by atoms with Crippen LogP contribution in [0.4, 0.5) is 0 Å². The lowest BCUT2D eigenvalue weighted by molar-refractivity contribution is -0.134. The topological polar surface area (TPSA) is 37.3 Å². The Morgan fingerprint density at radius 3 is 2.61 bits per heavy atom. The van der Waals surface area contributed by atoms with Crippen LogP contribution < -0.4 is 0 Å².